The highest BCUT2D eigenvalue weighted by molar-refractivity contribution is 7.99. The first-order chi connectivity index (χ1) is 14.2. The predicted octanol–water partition coefficient (Wildman–Crippen LogP) is 3.20. The van der Waals surface area contributed by atoms with Gasteiger partial charge in [0.1, 0.15) is 0 Å². The van der Waals surface area contributed by atoms with Crippen LogP contribution in [0.25, 0.3) is 11.4 Å². The monoisotopic (exact) mass is 417 g/mol. The van der Waals surface area contributed by atoms with Gasteiger partial charge < -0.3 is 19.5 Å². The quantitative estimate of drug-likeness (QED) is 0.599. The number of nitrogens with one attached hydrogen (secondary N) is 1. The molecular weight excluding hydrogens is 386 g/mol. The summed E-state index contributed by atoms with van der Waals surface area (Å²) < 4.78 is 7.60. The molecule has 158 valence electrons. The average Bonchev–Trinajstić information content (AvgIpc) is 3.41. The lowest BCUT2D eigenvalue weighted by Crippen LogP contribution is -2.32. The Morgan fingerprint density at radius 1 is 1.24 bits per heavy atom. The molecule has 1 saturated heterocycles. The molecule has 2 heterocycles. The lowest BCUT2D eigenvalue weighted by atomic mass is 10.2. The molecular formula is C21H31N5O2S. The van der Waals surface area contributed by atoms with Crippen LogP contribution in [-0.4, -0.2) is 58.8 Å². The van der Waals surface area contributed by atoms with Gasteiger partial charge in [-0.15, -0.1) is 10.2 Å². The summed E-state index contributed by atoms with van der Waals surface area (Å²) in [6.45, 7) is 10.5. The number of carbonyl (C=O) groups excluding carboxylic acids is 1. The Bertz CT molecular complexity index is 783. The Balaban J connectivity index is 1.61. The van der Waals surface area contributed by atoms with Gasteiger partial charge in [0, 0.05) is 44.0 Å². The Labute approximate surface area is 177 Å². The molecule has 8 heteroatoms. The van der Waals surface area contributed by atoms with Crippen LogP contribution < -0.4 is 10.2 Å². The van der Waals surface area contributed by atoms with E-state index in [-0.39, 0.29) is 12.0 Å². The highest BCUT2D eigenvalue weighted by Crippen LogP contribution is 2.26. The number of rotatable bonds is 10. The van der Waals surface area contributed by atoms with Gasteiger partial charge in [-0.1, -0.05) is 11.8 Å². The molecule has 1 aromatic carbocycles. The van der Waals surface area contributed by atoms with Crippen LogP contribution in [0.4, 0.5) is 5.69 Å². The van der Waals surface area contributed by atoms with Gasteiger partial charge in [0.15, 0.2) is 11.0 Å². The third-order valence-electron chi connectivity index (χ3n) is 5.17. The van der Waals surface area contributed by atoms with E-state index in [0.717, 1.165) is 55.6 Å². The number of anilines is 1. The van der Waals surface area contributed by atoms with E-state index in [4.69, 9.17) is 4.74 Å². The lowest BCUT2D eigenvalue weighted by Gasteiger charge is -2.21. The highest BCUT2D eigenvalue weighted by Gasteiger charge is 2.18. The fourth-order valence-electron chi connectivity index (χ4n) is 3.52. The van der Waals surface area contributed by atoms with Crippen LogP contribution in [0.3, 0.4) is 0 Å². The van der Waals surface area contributed by atoms with Crippen LogP contribution in [0.1, 0.15) is 33.6 Å². The van der Waals surface area contributed by atoms with E-state index in [1.165, 1.54) is 17.4 Å². The van der Waals surface area contributed by atoms with Crippen molar-refractivity contribution in [2.24, 2.45) is 0 Å². The zero-order valence-corrected chi connectivity index (χ0v) is 18.4. The van der Waals surface area contributed by atoms with Crippen molar-refractivity contribution >= 4 is 23.4 Å². The normalized spacial score (nSPS) is 16.2. The van der Waals surface area contributed by atoms with Crippen LogP contribution in [0.2, 0.25) is 0 Å². The molecule has 1 aromatic heterocycles. The van der Waals surface area contributed by atoms with Crippen LogP contribution in [-0.2, 0) is 16.1 Å². The van der Waals surface area contributed by atoms with Gasteiger partial charge in [0.05, 0.1) is 11.9 Å². The molecule has 0 spiro atoms. The van der Waals surface area contributed by atoms with Crippen LogP contribution in [0.5, 0.6) is 0 Å². The second kappa shape index (κ2) is 10.6. The number of hydrogen-bond acceptors (Lipinski definition) is 6. The molecule has 1 fully saturated rings. The molecule has 1 amide bonds. The first-order valence-corrected chi connectivity index (χ1v) is 11.4. The molecule has 1 unspecified atom stereocenters. The molecule has 3 rings (SSSR count). The Morgan fingerprint density at radius 2 is 2.00 bits per heavy atom. The van der Waals surface area contributed by atoms with E-state index in [2.05, 4.69) is 70.0 Å². The lowest BCUT2D eigenvalue weighted by molar-refractivity contribution is -0.119. The minimum absolute atomic E-state index is 0.00118. The molecule has 1 aliphatic rings. The fourth-order valence-corrected chi connectivity index (χ4v) is 4.35. The Morgan fingerprint density at radius 3 is 2.62 bits per heavy atom. The van der Waals surface area contributed by atoms with Crippen molar-refractivity contribution in [3.63, 3.8) is 0 Å². The van der Waals surface area contributed by atoms with Gasteiger partial charge in [0.25, 0.3) is 0 Å². The average molecular weight is 418 g/mol. The molecule has 0 aliphatic carbocycles. The Kier molecular flexibility index (Phi) is 7.94. The van der Waals surface area contributed by atoms with Crippen molar-refractivity contribution in [1.29, 1.82) is 0 Å². The molecule has 0 saturated carbocycles. The largest absolute Gasteiger partial charge is 0.376 e. The topological polar surface area (TPSA) is 72.3 Å². The number of amides is 1. The summed E-state index contributed by atoms with van der Waals surface area (Å²) in [5.74, 6) is 1.16. The molecule has 1 aliphatic heterocycles. The maximum absolute atomic E-state index is 12.2. The summed E-state index contributed by atoms with van der Waals surface area (Å²) in [4.78, 5) is 14.5. The zero-order chi connectivity index (χ0) is 20.6. The smallest absolute Gasteiger partial charge is 0.230 e. The van der Waals surface area contributed by atoms with Gasteiger partial charge in [-0.25, -0.2) is 0 Å². The van der Waals surface area contributed by atoms with Crippen molar-refractivity contribution in [2.45, 2.75) is 51.4 Å². The van der Waals surface area contributed by atoms with Gasteiger partial charge in [-0.3, -0.25) is 4.79 Å². The molecule has 0 bridgehead atoms. The molecule has 1 N–H and O–H groups in total. The Hall–Kier alpha value is -2.06. The number of nitrogens with zero attached hydrogens (tertiary/aromatic N) is 4. The summed E-state index contributed by atoms with van der Waals surface area (Å²) in [5.41, 5.74) is 2.24. The van der Waals surface area contributed by atoms with E-state index in [1.54, 1.807) is 0 Å². The number of aromatic nitrogens is 3. The van der Waals surface area contributed by atoms with Gasteiger partial charge in [-0.2, -0.15) is 0 Å². The first kappa shape index (κ1) is 21.6. The third-order valence-corrected chi connectivity index (χ3v) is 6.14. The number of thioether (sulfide) groups is 1. The summed E-state index contributed by atoms with van der Waals surface area (Å²) in [5, 5.41) is 12.4. The molecule has 29 heavy (non-hydrogen) atoms. The number of hydrogen-bond donors (Lipinski definition) is 1. The van der Waals surface area contributed by atoms with E-state index in [1.807, 2.05) is 0 Å². The van der Waals surface area contributed by atoms with E-state index >= 15 is 0 Å². The van der Waals surface area contributed by atoms with E-state index in [9.17, 15) is 4.79 Å². The van der Waals surface area contributed by atoms with Gasteiger partial charge in [-0.05, 0) is 57.9 Å². The molecule has 1 atom stereocenters. The van der Waals surface area contributed by atoms with E-state index in [0.29, 0.717) is 12.3 Å². The predicted molar refractivity (Wildman–Crippen MR) is 117 cm³/mol. The van der Waals surface area contributed by atoms with Crippen molar-refractivity contribution < 1.29 is 9.53 Å². The first-order valence-electron chi connectivity index (χ1n) is 10.5. The summed E-state index contributed by atoms with van der Waals surface area (Å²) in [6, 6.07) is 8.43. The van der Waals surface area contributed by atoms with Crippen molar-refractivity contribution in [3.8, 4) is 11.4 Å². The van der Waals surface area contributed by atoms with Crippen LogP contribution in [0, 0.1) is 0 Å². The minimum Gasteiger partial charge on any atom is -0.376 e. The highest BCUT2D eigenvalue weighted by atomic mass is 32.2. The van der Waals surface area contributed by atoms with Crippen molar-refractivity contribution in [2.75, 3.05) is 36.9 Å². The second-order valence-electron chi connectivity index (χ2n) is 7.00. The maximum atomic E-state index is 12.2. The molecule has 0 radical (unpaired) electrons. The SMILES string of the molecule is CCN(CC)c1ccc(-c2nnc(SCC(=O)NCC3CCCO3)n2CC)cc1. The van der Waals surface area contributed by atoms with Crippen molar-refractivity contribution in [1.82, 2.24) is 20.1 Å². The zero-order valence-electron chi connectivity index (χ0n) is 17.6. The summed E-state index contributed by atoms with van der Waals surface area (Å²) in [6.07, 6.45) is 2.26. The third kappa shape index (κ3) is 5.51. The second-order valence-corrected chi connectivity index (χ2v) is 7.94. The molecule has 2 aromatic rings. The van der Waals surface area contributed by atoms with Gasteiger partial charge >= 0.3 is 0 Å². The maximum Gasteiger partial charge on any atom is 0.230 e. The van der Waals surface area contributed by atoms with Crippen LogP contribution in [0.15, 0.2) is 29.4 Å². The summed E-state index contributed by atoms with van der Waals surface area (Å²) in [7, 11) is 0. The number of benzene rings is 1. The minimum atomic E-state index is 0.00118. The fraction of sp³-hybridized carbons (Fsp3) is 0.571. The van der Waals surface area contributed by atoms with Gasteiger partial charge in [0.2, 0.25) is 5.91 Å². The van der Waals surface area contributed by atoms with E-state index < -0.39 is 0 Å². The standard InChI is InChI=1S/C21H31N5O2S/c1-4-25(5-2)17-11-9-16(10-12-17)20-23-24-21(26(20)6-3)29-15-19(27)22-14-18-8-7-13-28-18/h9-12,18H,4-8,13-15H2,1-3H3,(H,22,27). The molecule has 7 nitrogen and oxygen atoms in total. The number of carbonyl (C=O) groups is 1. The number of ether oxygens (including phenoxy) is 1. The van der Waals surface area contributed by atoms with Crippen molar-refractivity contribution in [3.05, 3.63) is 24.3 Å². The summed E-state index contributed by atoms with van der Waals surface area (Å²) >= 11 is 1.42. The van der Waals surface area contributed by atoms with Crippen LogP contribution >= 0.6 is 11.8 Å².